The molecule has 2 aliphatic rings. The molecule has 2 fully saturated rings. The molecule has 0 spiro atoms. The van der Waals surface area contributed by atoms with Crippen LogP contribution in [0.25, 0.3) is 0 Å². The van der Waals surface area contributed by atoms with Gasteiger partial charge in [-0.25, -0.2) is 9.37 Å². The molecule has 2 unspecified atom stereocenters. The Bertz CT molecular complexity index is 971. The Hall–Kier alpha value is -3.03. The van der Waals surface area contributed by atoms with Gasteiger partial charge < -0.3 is 24.4 Å². The maximum Gasteiger partial charge on any atom is 0.305 e. The predicted octanol–water partition coefficient (Wildman–Crippen LogP) is 4.21. The molecule has 7 nitrogen and oxygen atoms in total. The number of methoxy groups -OCH3 is 1. The van der Waals surface area contributed by atoms with Crippen LogP contribution in [0.15, 0.2) is 36.5 Å². The van der Waals surface area contributed by atoms with Crippen molar-refractivity contribution < 1.29 is 23.8 Å². The Kier molecular flexibility index (Phi) is 6.91. The zero-order valence-electron chi connectivity index (χ0n) is 19.4. The Morgan fingerprint density at radius 2 is 2.00 bits per heavy atom. The molecule has 0 radical (unpaired) electrons. The molecule has 4 rings (SSSR count). The van der Waals surface area contributed by atoms with Crippen LogP contribution in [0.4, 0.5) is 15.8 Å². The number of nitrogens with zero attached hydrogens (tertiary/aromatic N) is 3. The Morgan fingerprint density at radius 3 is 2.67 bits per heavy atom. The summed E-state index contributed by atoms with van der Waals surface area (Å²) in [5, 5.41) is 9.23. The molecule has 3 heterocycles. The van der Waals surface area contributed by atoms with Crippen molar-refractivity contribution in [3.63, 3.8) is 0 Å². The molecule has 8 heteroatoms. The summed E-state index contributed by atoms with van der Waals surface area (Å²) in [5.74, 6) is 0.760. The van der Waals surface area contributed by atoms with E-state index in [0.29, 0.717) is 30.6 Å². The number of rotatable bonds is 7. The monoisotopic (exact) mass is 457 g/mol. The summed E-state index contributed by atoms with van der Waals surface area (Å²) in [5.41, 5.74) is 1.54. The number of hydrogen-bond donors (Lipinski definition) is 1. The van der Waals surface area contributed by atoms with Gasteiger partial charge in [0.15, 0.2) is 5.82 Å². The van der Waals surface area contributed by atoms with Crippen molar-refractivity contribution >= 4 is 17.3 Å². The van der Waals surface area contributed by atoms with Crippen LogP contribution in [0, 0.1) is 17.7 Å². The number of aliphatic carboxylic acids is 1. The normalized spacial score (nSPS) is 25.2. The summed E-state index contributed by atoms with van der Waals surface area (Å²) < 4.78 is 25.8. The van der Waals surface area contributed by atoms with Gasteiger partial charge in [-0.15, -0.1) is 0 Å². The molecule has 2 saturated heterocycles. The van der Waals surface area contributed by atoms with Gasteiger partial charge in [0, 0.05) is 49.8 Å². The summed E-state index contributed by atoms with van der Waals surface area (Å²) >= 11 is 0. The topological polar surface area (TPSA) is 75.1 Å². The van der Waals surface area contributed by atoms with Crippen LogP contribution in [0.5, 0.6) is 11.6 Å². The van der Waals surface area contributed by atoms with E-state index in [1.54, 1.807) is 6.07 Å². The Balaban J connectivity index is 1.38. The Morgan fingerprint density at radius 1 is 1.24 bits per heavy atom. The van der Waals surface area contributed by atoms with Crippen LogP contribution in [0.3, 0.4) is 0 Å². The van der Waals surface area contributed by atoms with Crippen LogP contribution in [-0.2, 0) is 4.79 Å². The zero-order chi connectivity index (χ0) is 23.5. The maximum atomic E-state index is 14.3. The molecule has 2 aliphatic heterocycles. The summed E-state index contributed by atoms with van der Waals surface area (Å²) in [6, 6.07) is 9.62. The average Bonchev–Trinajstić information content (AvgIpc) is 3.15. The molecule has 4 atom stereocenters. The summed E-state index contributed by atoms with van der Waals surface area (Å²) in [6.45, 7) is 6.50. The lowest BCUT2D eigenvalue weighted by Gasteiger charge is -2.38. The fourth-order valence-electron chi connectivity index (χ4n) is 5.03. The van der Waals surface area contributed by atoms with E-state index in [0.717, 1.165) is 30.8 Å². The molecule has 0 saturated carbocycles. The Labute approximate surface area is 194 Å². The van der Waals surface area contributed by atoms with Crippen molar-refractivity contribution in [2.45, 2.75) is 45.3 Å². The first-order chi connectivity index (χ1) is 15.8. The standard InChI is InChI=1S/C25H32FN3O4/c1-16-10-19(11-25(30)31)29(14-16)18-4-6-20(7-5-18)33-23-8-9-28(15-17(23)2)22-12-24(32-3)27-13-21(22)26/h4-7,12-13,16-17,19,23H,8-11,14-15H2,1-3H3,(H,30,31)/t16-,17?,19-,23?/m1/s1. The number of carboxylic acid groups (broad SMARTS) is 1. The van der Waals surface area contributed by atoms with Gasteiger partial charge in [0.25, 0.3) is 0 Å². The minimum Gasteiger partial charge on any atom is -0.490 e. The van der Waals surface area contributed by atoms with Crippen molar-refractivity contribution in [3.8, 4) is 11.6 Å². The van der Waals surface area contributed by atoms with Gasteiger partial charge >= 0.3 is 5.97 Å². The smallest absolute Gasteiger partial charge is 0.305 e. The van der Waals surface area contributed by atoms with Crippen LogP contribution in [-0.4, -0.2) is 54.9 Å². The third-order valence-corrected chi connectivity index (χ3v) is 6.68. The van der Waals surface area contributed by atoms with E-state index in [-0.39, 0.29) is 30.3 Å². The molecular weight excluding hydrogens is 425 g/mol. The summed E-state index contributed by atoms with van der Waals surface area (Å²) in [7, 11) is 1.52. The predicted molar refractivity (Wildman–Crippen MR) is 125 cm³/mol. The number of carbonyl (C=O) groups is 1. The quantitative estimate of drug-likeness (QED) is 0.667. The number of carboxylic acids is 1. The van der Waals surface area contributed by atoms with Crippen LogP contribution >= 0.6 is 0 Å². The molecular formula is C25H32FN3O4. The fourth-order valence-corrected chi connectivity index (χ4v) is 5.03. The molecule has 33 heavy (non-hydrogen) atoms. The number of hydrogen-bond acceptors (Lipinski definition) is 6. The molecule has 1 aromatic carbocycles. The van der Waals surface area contributed by atoms with Crippen molar-refractivity contribution in [1.82, 2.24) is 4.98 Å². The van der Waals surface area contributed by atoms with Gasteiger partial charge in [-0.3, -0.25) is 4.79 Å². The first-order valence-corrected chi connectivity index (χ1v) is 11.5. The fraction of sp³-hybridized carbons (Fsp3) is 0.520. The van der Waals surface area contributed by atoms with Crippen molar-refractivity contribution in [2.75, 3.05) is 36.5 Å². The molecule has 1 aromatic heterocycles. The minimum atomic E-state index is -0.760. The lowest BCUT2D eigenvalue weighted by molar-refractivity contribution is -0.137. The second kappa shape index (κ2) is 9.85. The van der Waals surface area contributed by atoms with E-state index >= 15 is 0 Å². The van der Waals surface area contributed by atoms with Gasteiger partial charge in [0.2, 0.25) is 5.88 Å². The molecule has 0 aliphatic carbocycles. The lowest BCUT2D eigenvalue weighted by atomic mass is 9.96. The van der Waals surface area contributed by atoms with E-state index in [1.165, 1.54) is 13.3 Å². The van der Waals surface area contributed by atoms with Gasteiger partial charge in [-0.05, 0) is 36.6 Å². The van der Waals surface area contributed by atoms with Crippen molar-refractivity contribution in [1.29, 1.82) is 0 Å². The number of aromatic nitrogens is 1. The number of piperidine rings is 1. The van der Waals surface area contributed by atoms with E-state index in [4.69, 9.17) is 9.47 Å². The second-order valence-electron chi connectivity index (χ2n) is 9.29. The summed E-state index contributed by atoms with van der Waals surface area (Å²) in [6.07, 6.45) is 3.06. The number of halogens is 1. The maximum absolute atomic E-state index is 14.3. The largest absolute Gasteiger partial charge is 0.490 e. The molecule has 0 amide bonds. The third-order valence-electron chi connectivity index (χ3n) is 6.68. The average molecular weight is 458 g/mol. The van der Waals surface area contributed by atoms with E-state index < -0.39 is 5.97 Å². The molecule has 178 valence electrons. The highest BCUT2D eigenvalue weighted by atomic mass is 19.1. The highest BCUT2D eigenvalue weighted by Gasteiger charge is 2.32. The van der Waals surface area contributed by atoms with Crippen LogP contribution in [0.1, 0.15) is 33.1 Å². The van der Waals surface area contributed by atoms with E-state index in [9.17, 15) is 14.3 Å². The number of anilines is 2. The number of ether oxygens (including phenoxy) is 2. The SMILES string of the molecule is COc1cc(N2CCC(Oc3ccc(N4C[C@H](C)C[C@@H]4CC(=O)O)cc3)C(C)C2)c(F)cn1. The highest BCUT2D eigenvalue weighted by molar-refractivity contribution is 5.69. The van der Waals surface area contributed by atoms with Gasteiger partial charge in [-0.2, -0.15) is 0 Å². The third kappa shape index (κ3) is 5.31. The van der Waals surface area contributed by atoms with Crippen LogP contribution in [0.2, 0.25) is 0 Å². The van der Waals surface area contributed by atoms with Crippen molar-refractivity contribution in [2.24, 2.45) is 11.8 Å². The van der Waals surface area contributed by atoms with Gasteiger partial charge in [0.05, 0.1) is 25.4 Å². The second-order valence-corrected chi connectivity index (χ2v) is 9.29. The van der Waals surface area contributed by atoms with Crippen LogP contribution < -0.4 is 19.3 Å². The van der Waals surface area contributed by atoms with Crippen molar-refractivity contribution in [3.05, 3.63) is 42.3 Å². The zero-order valence-corrected chi connectivity index (χ0v) is 19.4. The molecule has 1 N–H and O–H groups in total. The first kappa shape index (κ1) is 23.1. The molecule has 2 aromatic rings. The van der Waals surface area contributed by atoms with Gasteiger partial charge in [0.1, 0.15) is 11.9 Å². The first-order valence-electron chi connectivity index (χ1n) is 11.5. The molecule has 0 bridgehead atoms. The number of benzene rings is 1. The highest BCUT2D eigenvalue weighted by Crippen LogP contribution is 2.33. The number of pyridine rings is 1. The van der Waals surface area contributed by atoms with E-state index in [1.807, 2.05) is 29.2 Å². The summed E-state index contributed by atoms with van der Waals surface area (Å²) in [4.78, 5) is 19.4. The minimum absolute atomic E-state index is 0.0285. The van der Waals surface area contributed by atoms with E-state index in [2.05, 4.69) is 23.7 Å². The van der Waals surface area contributed by atoms with Gasteiger partial charge in [-0.1, -0.05) is 13.8 Å². The lowest BCUT2D eigenvalue weighted by Crippen LogP contribution is -2.44.